The number of esters is 1. The van der Waals surface area contributed by atoms with E-state index in [2.05, 4.69) is 0 Å². The molecule has 0 saturated heterocycles. The number of rotatable bonds is 4. The third-order valence-corrected chi connectivity index (χ3v) is 2.36. The second kappa shape index (κ2) is 7.50. The van der Waals surface area contributed by atoms with Crippen molar-refractivity contribution >= 4 is 30.0 Å². The van der Waals surface area contributed by atoms with Crippen LogP contribution in [0.15, 0.2) is 24.3 Å². The normalized spacial score (nSPS) is 13.4. The van der Waals surface area contributed by atoms with Crippen molar-refractivity contribution in [2.24, 2.45) is 5.73 Å². The molecule has 17 heavy (non-hydrogen) atoms. The van der Waals surface area contributed by atoms with Crippen LogP contribution in [0.25, 0.3) is 0 Å². The van der Waals surface area contributed by atoms with E-state index in [0.717, 1.165) is 0 Å². The van der Waals surface area contributed by atoms with Gasteiger partial charge in [-0.1, -0.05) is 23.7 Å². The van der Waals surface area contributed by atoms with E-state index in [-0.39, 0.29) is 19.0 Å². The molecular formula is C11H15Cl2NO3. The van der Waals surface area contributed by atoms with Crippen LogP contribution < -0.4 is 5.73 Å². The Balaban J connectivity index is 0.00000256. The van der Waals surface area contributed by atoms with E-state index >= 15 is 0 Å². The van der Waals surface area contributed by atoms with Gasteiger partial charge in [-0.3, -0.25) is 4.79 Å². The highest BCUT2D eigenvalue weighted by atomic mass is 35.5. The van der Waals surface area contributed by atoms with Crippen LogP contribution in [-0.4, -0.2) is 23.7 Å². The monoisotopic (exact) mass is 279 g/mol. The fourth-order valence-corrected chi connectivity index (χ4v) is 1.36. The molecule has 2 atom stereocenters. The van der Waals surface area contributed by atoms with Crippen molar-refractivity contribution in [3.63, 3.8) is 0 Å². The van der Waals surface area contributed by atoms with Crippen molar-refractivity contribution in [3.8, 4) is 0 Å². The van der Waals surface area contributed by atoms with E-state index in [0.29, 0.717) is 10.6 Å². The van der Waals surface area contributed by atoms with E-state index in [1.165, 1.54) is 0 Å². The highest BCUT2D eigenvalue weighted by Gasteiger charge is 2.25. The number of aliphatic hydroxyl groups excluding tert-OH is 1. The Morgan fingerprint density at radius 3 is 2.47 bits per heavy atom. The maximum absolute atomic E-state index is 11.3. The van der Waals surface area contributed by atoms with Gasteiger partial charge in [0.05, 0.1) is 6.61 Å². The number of carbonyl (C=O) groups excluding carboxylic acids is 1. The molecule has 0 amide bonds. The fourth-order valence-electron chi connectivity index (χ4n) is 1.23. The first-order valence-corrected chi connectivity index (χ1v) is 5.29. The molecule has 2 unspecified atom stereocenters. The van der Waals surface area contributed by atoms with Crippen LogP contribution in [0.4, 0.5) is 0 Å². The second-order valence-corrected chi connectivity index (χ2v) is 3.71. The standard InChI is InChI=1S/C11H14ClNO3.ClH/c1-2-16-11(15)9(13)10(14)7-3-5-8(12)6-4-7;/h3-6,9-10,14H,2,13H2,1H3;1H. The van der Waals surface area contributed by atoms with E-state index in [1.54, 1.807) is 31.2 Å². The summed E-state index contributed by atoms with van der Waals surface area (Å²) in [6.45, 7) is 1.92. The van der Waals surface area contributed by atoms with Crippen molar-refractivity contribution in [1.82, 2.24) is 0 Å². The van der Waals surface area contributed by atoms with Crippen molar-refractivity contribution in [2.75, 3.05) is 6.61 Å². The molecule has 0 aliphatic rings. The number of aliphatic hydroxyl groups is 1. The maximum Gasteiger partial charge on any atom is 0.325 e. The second-order valence-electron chi connectivity index (χ2n) is 3.27. The van der Waals surface area contributed by atoms with Crippen LogP contribution in [0, 0.1) is 0 Å². The number of nitrogens with two attached hydrogens (primary N) is 1. The van der Waals surface area contributed by atoms with Crippen LogP contribution in [0.3, 0.4) is 0 Å². The first-order valence-electron chi connectivity index (χ1n) is 4.92. The smallest absolute Gasteiger partial charge is 0.325 e. The van der Waals surface area contributed by atoms with E-state index < -0.39 is 18.1 Å². The van der Waals surface area contributed by atoms with Gasteiger partial charge in [0.1, 0.15) is 12.1 Å². The van der Waals surface area contributed by atoms with Crippen molar-refractivity contribution in [1.29, 1.82) is 0 Å². The molecule has 3 N–H and O–H groups in total. The van der Waals surface area contributed by atoms with Gasteiger partial charge in [-0.15, -0.1) is 12.4 Å². The first kappa shape index (κ1) is 16.2. The number of hydrogen-bond donors (Lipinski definition) is 2. The highest BCUT2D eigenvalue weighted by Crippen LogP contribution is 2.19. The van der Waals surface area contributed by atoms with Gasteiger partial charge >= 0.3 is 5.97 Å². The molecule has 6 heteroatoms. The predicted molar refractivity (Wildman–Crippen MR) is 68.3 cm³/mol. The molecule has 1 aromatic rings. The van der Waals surface area contributed by atoms with E-state index in [4.69, 9.17) is 22.1 Å². The Hall–Kier alpha value is -0.810. The molecular weight excluding hydrogens is 265 g/mol. The fraction of sp³-hybridized carbons (Fsp3) is 0.364. The summed E-state index contributed by atoms with van der Waals surface area (Å²) in [6, 6.07) is 5.40. The zero-order chi connectivity index (χ0) is 12.1. The van der Waals surface area contributed by atoms with Crippen LogP contribution >= 0.6 is 24.0 Å². The van der Waals surface area contributed by atoms with Crippen LogP contribution in [0.1, 0.15) is 18.6 Å². The molecule has 1 rings (SSSR count). The molecule has 1 aromatic carbocycles. The minimum absolute atomic E-state index is 0. The number of carbonyl (C=O) groups is 1. The van der Waals surface area contributed by atoms with Gasteiger partial charge in [-0.25, -0.2) is 0 Å². The maximum atomic E-state index is 11.3. The lowest BCUT2D eigenvalue weighted by Gasteiger charge is -2.17. The summed E-state index contributed by atoms with van der Waals surface area (Å²) in [4.78, 5) is 11.3. The molecule has 0 spiro atoms. The van der Waals surface area contributed by atoms with Gasteiger partial charge in [0.2, 0.25) is 0 Å². The number of halogens is 2. The Kier molecular flexibility index (Phi) is 7.15. The molecule has 0 aromatic heterocycles. The molecule has 0 radical (unpaired) electrons. The summed E-state index contributed by atoms with van der Waals surface area (Å²) in [5, 5.41) is 10.4. The summed E-state index contributed by atoms with van der Waals surface area (Å²) in [7, 11) is 0. The van der Waals surface area contributed by atoms with Gasteiger partial charge in [0.25, 0.3) is 0 Å². The Morgan fingerprint density at radius 1 is 1.47 bits per heavy atom. The number of ether oxygens (including phenoxy) is 1. The lowest BCUT2D eigenvalue weighted by molar-refractivity contribution is -0.147. The van der Waals surface area contributed by atoms with E-state index in [1.807, 2.05) is 0 Å². The van der Waals surface area contributed by atoms with Crippen molar-refractivity contribution in [2.45, 2.75) is 19.1 Å². The zero-order valence-electron chi connectivity index (χ0n) is 9.30. The minimum Gasteiger partial charge on any atom is -0.465 e. The lowest BCUT2D eigenvalue weighted by atomic mass is 10.0. The van der Waals surface area contributed by atoms with Gasteiger partial charge in [-0.2, -0.15) is 0 Å². The van der Waals surface area contributed by atoms with Gasteiger partial charge in [0, 0.05) is 5.02 Å². The van der Waals surface area contributed by atoms with Gasteiger partial charge < -0.3 is 15.6 Å². The highest BCUT2D eigenvalue weighted by molar-refractivity contribution is 6.30. The summed E-state index contributed by atoms with van der Waals surface area (Å²) < 4.78 is 4.72. The van der Waals surface area contributed by atoms with Crippen molar-refractivity contribution in [3.05, 3.63) is 34.9 Å². The third-order valence-electron chi connectivity index (χ3n) is 2.11. The van der Waals surface area contributed by atoms with E-state index in [9.17, 15) is 9.90 Å². The number of hydrogen-bond acceptors (Lipinski definition) is 4. The molecule has 4 nitrogen and oxygen atoms in total. The zero-order valence-corrected chi connectivity index (χ0v) is 10.9. The van der Waals surface area contributed by atoms with Crippen molar-refractivity contribution < 1.29 is 14.6 Å². The largest absolute Gasteiger partial charge is 0.465 e. The van der Waals surface area contributed by atoms with Crippen LogP contribution in [-0.2, 0) is 9.53 Å². The lowest BCUT2D eigenvalue weighted by Crippen LogP contribution is -2.38. The third kappa shape index (κ3) is 4.52. The minimum atomic E-state index is -1.09. The Morgan fingerprint density at radius 2 is 2.00 bits per heavy atom. The molecule has 0 fully saturated rings. The molecule has 0 bridgehead atoms. The average molecular weight is 280 g/mol. The van der Waals surface area contributed by atoms with Gasteiger partial charge in [0.15, 0.2) is 0 Å². The Bertz CT molecular complexity index is 356. The topological polar surface area (TPSA) is 72.5 Å². The molecule has 0 heterocycles. The molecule has 0 saturated carbocycles. The molecule has 0 aliphatic carbocycles. The SMILES string of the molecule is CCOC(=O)C(N)C(O)c1ccc(Cl)cc1.Cl. The summed E-state index contributed by atoms with van der Waals surface area (Å²) in [5.74, 6) is -0.620. The van der Waals surface area contributed by atoms with Crippen LogP contribution in [0.2, 0.25) is 5.02 Å². The molecule has 96 valence electrons. The van der Waals surface area contributed by atoms with Crippen LogP contribution in [0.5, 0.6) is 0 Å². The summed E-state index contributed by atoms with van der Waals surface area (Å²) in [5.41, 5.74) is 6.09. The first-order chi connectivity index (χ1) is 7.56. The average Bonchev–Trinajstić information content (AvgIpc) is 2.28. The molecule has 0 aliphatic heterocycles. The number of benzene rings is 1. The summed E-state index contributed by atoms with van der Waals surface area (Å²) in [6.07, 6.45) is -1.09. The van der Waals surface area contributed by atoms with Gasteiger partial charge in [-0.05, 0) is 24.6 Å². The Labute approximate surface area is 111 Å². The quantitative estimate of drug-likeness (QED) is 0.823. The summed E-state index contributed by atoms with van der Waals surface area (Å²) >= 11 is 5.70. The predicted octanol–water partition coefficient (Wildman–Crippen LogP) is 1.69.